The fourth-order valence-corrected chi connectivity index (χ4v) is 5.89. The lowest BCUT2D eigenvalue weighted by Crippen LogP contribution is -2.25. The van der Waals surface area contributed by atoms with Crippen LogP contribution in [-0.2, 0) is 0 Å². The molecule has 4 rings (SSSR count). The Balaban J connectivity index is 1.86. The summed E-state index contributed by atoms with van der Waals surface area (Å²) in [5.74, 6) is 0. The molecule has 2 heteroatoms. The van der Waals surface area contributed by atoms with E-state index in [0.29, 0.717) is 0 Å². The molecule has 1 aliphatic rings. The zero-order valence-corrected chi connectivity index (χ0v) is 15.9. The number of aliphatic hydroxyl groups excluding tert-OH is 1. The topological polar surface area (TPSA) is 20.2 Å². The number of benzene rings is 3. The summed E-state index contributed by atoms with van der Waals surface area (Å²) in [7, 11) is -0.765. The Morgan fingerprint density at radius 1 is 0.741 bits per heavy atom. The van der Waals surface area contributed by atoms with Crippen LogP contribution in [0.5, 0.6) is 0 Å². The number of hydrogen-bond acceptors (Lipinski definition) is 1. The van der Waals surface area contributed by atoms with E-state index in [1.165, 1.54) is 15.9 Å². The Hall–Kier alpha value is -2.73. The highest BCUT2D eigenvalue weighted by Gasteiger charge is 2.25. The van der Waals surface area contributed by atoms with E-state index in [4.69, 9.17) is 0 Å². The molecule has 1 nitrogen and oxygen atoms in total. The van der Waals surface area contributed by atoms with Gasteiger partial charge in [0.2, 0.25) is 0 Å². The molecular weight excluding hydrogens is 347 g/mol. The summed E-state index contributed by atoms with van der Waals surface area (Å²) in [5, 5.41) is 14.9. The minimum atomic E-state index is -0.765. The van der Waals surface area contributed by atoms with Gasteiger partial charge in [0.15, 0.2) is 0 Å². The van der Waals surface area contributed by atoms with Crippen LogP contribution in [0.4, 0.5) is 0 Å². The van der Waals surface area contributed by atoms with Gasteiger partial charge in [-0.2, -0.15) is 0 Å². The van der Waals surface area contributed by atoms with Gasteiger partial charge in [0.25, 0.3) is 0 Å². The Kier molecular flexibility index (Phi) is 5.16. The van der Waals surface area contributed by atoms with Crippen molar-refractivity contribution in [3.63, 3.8) is 0 Å². The van der Waals surface area contributed by atoms with Crippen molar-refractivity contribution < 1.29 is 5.11 Å². The molecule has 1 aliphatic carbocycles. The second kappa shape index (κ2) is 7.88. The SMILES string of the molecule is C=C1C=CC=C1[C@@H](O)c1ccccc1P(c1ccccc1)c1ccccc1. The van der Waals surface area contributed by atoms with Gasteiger partial charge in [-0.1, -0.05) is 110 Å². The summed E-state index contributed by atoms with van der Waals surface area (Å²) < 4.78 is 0. The van der Waals surface area contributed by atoms with E-state index in [9.17, 15) is 5.11 Å². The molecule has 0 spiro atoms. The minimum absolute atomic E-state index is 0.680. The van der Waals surface area contributed by atoms with Crippen LogP contribution in [-0.4, -0.2) is 5.11 Å². The van der Waals surface area contributed by atoms with E-state index in [2.05, 4.69) is 67.2 Å². The first-order valence-corrected chi connectivity index (χ1v) is 10.3. The number of allylic oxidation sites excluding steroid dienone is 3. The van der Waals surface area contributed by atoms with E-state index in [1.54, 1.807) is 0 Å². The second-order valence-corrected chi connectivity index (χ2v) is 8.66. The molecule has 0 unspecified atom stereocenters. The number of rotatable bonds is 5. The van der Waals surface area contributed by atoms with E-state index in [-0.39, 0.29) is 0 Å². The molecule has 0 saturated heterocycles. The van der Waals surface area contributed by atoms with Gasteiger partial charge in [-0.15, -0.1) is 0 Å². The van der Waals surface area contributed by atoms with Crippen LogP contribution >= 0.6 is 7.92 Å². The van der Waals surface area contributed by atoms with Gasteiger partial charge in [0.1, 0.15) is 6.10 Å². The van der Waals surface area contributed by atoms with Crippen molar-refractivity contribution in [2.75, 3.05) is 0 Å². The van der Waals surface area contributed by atoms with Crippen LogP contribution in [0.15, 0.2) is 121 Å². The molecule has 0 amide bonds. The first-order chi connectivity index (χ1) is 13.3. The van der Waals surface area contributed by atoms with Crippen molar-refractivity contribution in [1.82, 2.24) is 0 Å². The van der Waals surface area contributed by atoms with E-state index in [0.717, 1.165) is 16.7 Å². The van der Waals surface area contributed by atoms with Crippen LogP contribution < -0.4 is 15.9 Å². The molecule has 0 heterocycles. The van der Waals surface area contributed by atoms with Crippen molar-refractivity contribution in [3.05, 3.63) is 126 Å². The predicted octanol–water partition coefficient (Wildman–Crippen LogP) is 4.53. The van der Waals surface area contributed by atoms with Gasteiger partial charge in [-0.25, -0.2) is 0 Å². The summed E-state index contributed by atoms with van der Waals surface area (Å²) in [6.07, 6.45) is 5.16. The average Bonchev–Trinajstić information content (AvgIpc) is 3.16. The minimum Gasteiger partial charge on any atom is -0.384 e. The van der Waals surface area contributed by atoms with Crippen molar-refractivity contribution in [2.45, 2.75) is 6.10 Å². The lowest BCUT2D eigenvalue weighted by atomic mass is 9.98. The second-order valence-electron chi connectivity index (χ2n) is 6.47. The zero-order valence-electron chi connectivity index (χ0n) is 15.0. The summed E-state index contributed by atoms with van der Waals surface area (Å²) >= 11 is 0. The molecule has 0 fully saturated rings. The smallest absolute Gasteiger partial charge is 0.105 e. The Morgan fingerprint density at radius 2 is 1.30 bits per heavy atom. The summed E-state index contributed by atoms with van der Waals surface area (Å²) in [6, 6.07) is 29.4. The van der Waals surface area contributed by atoms with Gasteiger partial charge in [-0.3, -0.25) is 0 Å². The van der Waals surface area contributed by atoms with E-state index < -0.39 is 14.0 Å². The molecule has 0 radical (unpaired) electrons. The van der Waals surface area contributed by atoms with Crippen LogP contribution in [0.3, 0.4) is 0 Å². The van der Waals surface area contributed by atoms with Gasteiger partial charge in [0.05, 0.1) is 0 Å². The normalized spacial score (nSPS) is 14.4. The summed E-state index contributed by atoms with van der Waals surface area (Å²) in [6.45, 7) is 4.06. The van der Waals surface area contributed by atoms with Crippen molar-refractivity contribution >= 4 is 23.8 Å². The molecule has 1 N–H and O–H groups in total. The lowest BCUT2D eigenvalue weighted by Gasteiger charge is -2.25. The van der Waals surface area contributed by atoms with E-state index >= 15 is 0 Å². The lowest BCUT2D eigenvalue weighted by molar-refractivity contribution is 0.220. The third-order valence-electron chi connectivity index (χ3n) is 4.74. The molecule has 132 valence electrons. The summed E-state index contributed by atoms with van der Waals surface area (Å²) in [4.78, 5) is 0. The Morgan fingerprint density at radius 3 is 1.85 bits per heavy atom. The molecule has 0 aliphatic heterocycles. The maximum absolute atomic E-state index is 11.2. The molecule has 1 atom stereocenters. The Bertz CT molecular complexity index is 963. The highest BCUT2D eigenvalue weighted by atomic mass is 31.1. The third kappa shape index (κ3) is 3.57. The fourth-order valence-electron chi connectivity index (χ4n) is 3.41. The van der Waals surface area contributed by atoms with E-state index in [1.807, 2.05) is 42.5 Å². The molecule has 3 aromatic rings. The quantitative estimate of drug-likeness (QED) is 0.656. The van der Waals surface area contributed by atoms with Crippen LogP contribution in [0.2, 0.25) is 0 Å². The largest absolute Gasteiger partial charge is 0.384 e. The Labute approximate surface area is 161 Å². The maximum Gasteiger partial charge on any atom is 0.105 e. The highest BCUT2D eigenvalue weighted by molar-refractivity contribution is 7.79. The molecule has 27 heavy (non-hydrogen) atoms. The van der Waals surface area contributed by atoms with Gasteiger partial charge in [0, 0.05) is 0 Å². The molecular formula is C25H21OP. The predicted molar refractivity (Wildman–Crippen MR) is 116 cm³/mol. The first-order valence-electron chi connectivity index (χ1n) is 9.00. The molecule has 0 aromatic heterocycles. The molecule has 0 saturated carbocycles. The fraction of sp³-hybridized carbons (Fsp3) is 0.0400. The summed E-state index contributed by atoms with van der Waals surface area (Å²) in [5.41, 5.74) is 2.70. The highest BCUT2D eigenvalue weighted by Crippen LogP contribution is 2.38. The van der Waals surface area contributed by atoms with Crippen LogP contribution in [0, 0.1) is 0 Å². The zero-order chi connectivity index (χ0) is 18.6. The first kappa shape index (κ1) is 17.7. The van der Waals surface area contributed by atoms with Crippen molar-refractivity contribution in [2.24, 2.45) is 0 Å². The maximum atomic E-state index is 11.2. The van der Waals surface area contributed by atoms with Gasteiger partial charge >= 0.3 is 0 Å². The monoisotopic (exact) mass is 368 g/mol. The molecule has 0 bridgehead atoms. The van der Waals surface area contributed by atoms with Crippen molar-refractivity contribution in [1.29, 1.82) is 0 Å². The van der Waals surface area contributed by atoms with Crippen LogP contribution in [0.1, 0.15) is 11.7 Å². The van der Waals surface area contributed by atoms with Gasteiger partial charge in [-0.05, 0) is 40.5 Å². The van der Waals surface area contributed by atoms with Crippen molar-refractivity contribution in [3.8, 4) is 0 Å². The number of aliphatic hydroxyl groups is 1. The molecule has 3 aromatic carbocycles. The average molecular weight is 368 g/mol. The van der Waals surface area contributed by atoms with Gasteiger partial charge < -0.3 is 5.11 Å². The van der Waals surface area contributed by atoms with Crippen LogP contribution in [0.25, 0.3) is 0 Å². The standard InChI is InChI=1S/C25H21OP/c1-19-11-10-17-22(19)25(26)23-16-8-9-18-24(23)27(20-12-4-2-5-13-20)21-14-6-3-7-15-21/h2-18,25-26H,1H2/t25-/m1/s1. The number of hydrogen-bond donors (Lipinski definition) is 1. The third-order valence-corrected chi connectivity index (χ3v) is 7.26.